The van der Waals surface area contributed by atoms with Crippen LogP contribution in [0.5, 0.6) is 5.75 Å². The summed E-state index contributed by atoms with van der Waals surface area (Å²) >= 11 is 0. The van der Waals surface area contributed by atoms with Gasteiger partial charge in [0.1, 0.15) is 30.0 Å². The predicted octanol–water partition coefficient (Wildman–Crippen LogP) is 3.62. The lowest BCUT2D eigenvalue weighted by molar-refractivity contribution is 0.0890. The summed E-state index contributed by atoms with van der Waals surface area (Å²) < 4.78 is 24.4. The maximum atomic E-state index is 13.4. The van der Waals surface area contributed by atoms with Crippen LogP contribution in [0.3, 0.4) is 0 Å². The Morgan fingerprint density at radius 3 is 2.91 bits per heavy atom. The molecule has 3 N–H and O–H groups in total. The highest BCUT2D eigenvalue weighted by atomic mass is 19.1. The van der Waals surface area contributed by atoms with E-state index in [1.165, 1.54) is 12.1 Å². The molecular weight excluding hydrogens is 411 g/mol. The molecule has 0 spiro atoms. The van der Waals surface area contributed by atoms with Crippen LogP contribution >= 0.6 is 0 Å². The predicted molar refractivity (Wildman–Crippen MR) is 118 cm³/mol. The SMILES string of the molecule is O[C@H](CNC1c2ccccc2C[C@@H]1O)COc1cccc(-c2noc3cc(F)ccc23)c1. The Hall–Kier alpha value is -3.26. The van der Waals surface area contributed by atoms with E-state index < -0.39 is 12.2 Å². The standard InChI is InChI=1S/C25H23FN2O4/c26-17-8-9-21-23(12-17)32-28-24(21)16-5-3-6-19(10-16)31-14-18(29)13-27-25-20-7-2-1-4-15(20)11-22(25)30/h1-10,12,18,22,25,27,29-30H,11,13-14H2/t18-,22+,25?/m1/s1. The van der Waals surface area contributed by atoms with Gasteiger partial charge in [-0.25, -0.2) is 4.39 Å². The summed E-state index contributed by atoms with van der Waals surface area (Å²) in [6.45, 7) is 0.376. The molecule has 32 heavy (non-hydrogen) atoms. The number of aliphatic hydroxyl groups excluding tert-OH is 2. The highest BCUT2D eigenvalue weighted by Crippen LogP contribution is 2.32. The lowest BCUT2D eigenvalue weighted by Gasteiger charge is -2.20. The smallest absolute Gasteiger partial charge is 0.170 e. The third-order valence-corrected chi connectivity index (χ3v) is 5.76. The quantitative estimate of drug-likeness (QED) is 0.412. The Labute approximate surface area is 184 Å². The normalized spacial score (nSPS) is 18.6. The van der Waals surface area contributed by atoms with Crippen molar-refractivity contribution < 1.29 is 23.9 Å². The minimum Gasteiger partial charge on any atom is -0.491 e. The lowest BCUT2D eigenvalue weighted by Crippen LogP contribution is -2.37. The molecule has 6 nitrogen and oxygen atoms in total. The van der Waals surface area contributed by atoms with Crippen LogP contribution in [0.4, 0.5) is 4.39 Å². The first-order chi connectivity index (χ1) is 15.6. The monoisotopic (exact) mass is 434 g/mol. The molecule has 0 bridgehead atoms. The van der Waals surface area contributed by atoms with Crippen LogP contribution in [0, 0.1) is 5.82 Å². The third kappa shape index (κ3) is 4.10. The van der Waals surface area contributed by atoms with Crippen molar-refractivity contribution in [2.45, 2.75) is 24.7 Å². The van der Waals surface area contributed by atoms with Gasteiger partial charge in [0.25, 0.3) is 0 Å². The Morgan fingerprint density at radius 1 is 1.12 bits per heavy atom. The van der Waals surface area contributed by atoms with Gasteiger partial charge in [-0.15, -0.1) is 0 Å². The van der Waals surface area contributed by atoms with Crippen LogP contribution in [0.2, 0.25) is 0 Å². The zero-order valence-corrected chi connectivity index (χ0v) is 17.2. The van der Waals surface area contributed by atoms with E-state index in [1.54, 1.807) is 18.2 Å². The van der Waals surface area contributed by atoms with Crippen LogP contribution in [0.1, 0.15) is 17.2 Å². The van der Waals surface area contributed by atoms with E-state index in [-0.39, 0.29) is 25.0 Å². The number of ether oxygens (including phenoxy) is 1. The van der Waals surface area contributed by atoms with E-state index in [0.29, 0.717) is 28.8 Å². The van der Waals surface area contributed by atoms with E-state index in [0.717, 1.165) is 16.7 Å². The van der Waals surface area contributed by atoms with Gasteiger partial charge in [-0.1, -0.05) is 41.6 Å². The minimum absolute atomic E-state index is 0.0890. The summed E-state index contributed by atoms with van der Waals surface area (Å²) in [4.78, 5) is 0. The molecular formula is C25H23FN2O4. The number of rotatable bonds is 7. The fourth-order valence-corrected chi connectivity index (χ4v) is 4.19. The lowest BCUT2D eigenvalue weighted by atomic mass is 10.1. The maximum absolute atomic E-state index is 13.4. The number of fused-ring (bicyclic) bond motifs is 2. The van der Waals surface area contributed by atoms with E-state index in [9.17, 15) is 14.6 Å². The van der Waals surface area contributed by atoms with Gasteiger partial charge in [0.2, 0.25) is 0 Å². The van der Waals surface area contributed by atoms with E-state index in [1.807, 2.05) is 36.4 Å². The Morgan fingerprint density at radius 2 is 2.00 bits per heavy atom. The molecule has 1 aromatic heterocycles. The Kier molecular flexibility index (Phi) is 5.61. The number of aromatic nitrogens is 1. The fraction of sp³-hybridized carbons (Fsp3) is 0.240. The van der Waals surface area contributed by atoms with Gasteiger partial charge < -0.3 is 24.8 Å². The number of nitrogens with zero attached hydrogens (tertiary/aromatic N) is 1. The van der Waals surface area contributed by atoms with Crippen molar-refractivity contribution in [2.24, 2.45) is 0 Å². The van der Waals surface area contributed by atoms with Crippen molar-refractivity contribution in [1.29, 1.82) is 0 Å². The topological polar surface area (TPSA) is 87.8 Å². The van der Waals surface area contributed by atoms with Gasteiger partial charge in [0.15, 0.2) is 5.58 Å². The van der Waals surface area contributed by atoms with Gasteiger partial charge in [0.05, 0.1) is 12.1 Å². The second-order valence-electron chi connectivity index (χ2n) is 8.02. The zero-order chi connectivity index (χ0) is 22.1. The molecule has 3 aromatic carbocycles. The number of halogens is 1. The molecule has 0 saturated carbocycles. The number of hydrogen-bond donors (Lipinski definition) is 3. The van der Waals surface area contributed by atoms with Gasteiger partial charge in [-0.05, 0) is 35.4 Å². The summed E-state index contributed by atoms with van der Waals surface area (Å²) in [7, 11) is 0. The van der Waals surface area contributed by atoms with Crippen LogP contribution in [0.15, 0.2) is 71.3 Å². The number of nitrogens with one attached hydrogen (secondary N) is 1. The summed E-state index contributed by atoms with van der Waals surface area (Å²) in [6.07, 6.45) is -0.659. The number of benzene rings is 3. The fourth-order valence-electron chi connectivity index (χ4n) is 4.19. The summed E-state index contributed by atoms with van der Waals surface area (Å²) in [5.74, 6) is 0.194. The summed E-state index contributed by atoms with van der Waals surface area (Å²) in [5, 5.41) is 28.7. The number of hydrogen-bond acceptors (Lipinski definition) is 6. The van der Waals surface area contributed by atoms with Crippen molar-refractivity contribution in [3.8, 4) is 17.0 Å². The van der Waals surface area contributed by atoms with Crippen LogP contribution < -0.4 is 10.1 Å². The highest BCUT2D eigenvalue weighted by molar-refractivity contribution is 5.91. The van der Waals surface area contributed by atoms with Crippen molar-refractivity contribution in [2.75, 3.05) is 13.2 Å². The first-order valence-corrected chi connectivity index (χ1v) is 10.5. The molecule has 0 fully saturated rings. The molecule has 5 rings (SSSR count). The van der Waals surface area contributed by atoms with Crippen molar-refractivity contribution in [1.82, 2.24) is 10.5 Å². The molecule has 1 heterocycles. The molecule has 0 aliphatic heterocycles. The van der Waals surface area contributed by atoms with Crippen LogP contribution in [0.25, 0.3) is 22.2 Å². The minimum atomic E-state index is -0.755. The van der Waals surface area contributed by atoms with Crippen LogP contribution in [-0.4, -0.2) is 40.7 Å². The van der Waals surface area contributed by atoms with Crippen LogP contribution in [-0.2, 0) is 6.42 Å². The maximum Gasteiger partial charge on any atom is 0.170 e. The molecule has 0 saturated heterocycles. The van der Waals surface area contributed by atoms with Crippen molar-refractivity contribution in [3.05, 3.63) is 83.7 Å². The molecule has 1 unspecified atom stereocenters. The van der Waals surface area contributed by atoms with Crippen molar-refractivity contribution in [3.63, 3.8) is 0 Å². The number of aliphatic hydroxyl groups is 2. The third-order valence-electron chi connectivity index (χ3n) is 5.76. The van der Waals surface area contributed by atoms with Gasteiger partial charge in [-0.2, -0.15) is 0 Å². The average molecular weight is 434 g/mol. The Bertz CT molecular complexity index is 1240. The van der Waals surface area contributed by atoms with Crippen molar-refractivity contribution >= 4 is 11.0 Å². The molecule has 4 aromatic rings. The first-order valence-electron chi connectivity index (χ1n) is 10.5. The molecule has 0 radical (unpaired) electrons. The molecule has 0 amide bonds. The average Bonchev–Trinajstić information content (AvgIpc) is 3.36. The zero-order valence-electron chi connectivity index (χ0n) is 17.2. The highest BCUT2D eigenvalue weighted by Gasteiger charge is 2.30. The van der Waals surface area contributed by atoms with Gasteiger partial charge in [0, 0.05) is 30.0 Å². The summed E-state index contributed by atoms with van der Waals surface area (Å²) in [6, 6.07) is 19.3. The van der Waals surface area contributed by atoms with E-state index in [2.05, 4.69) is 10.5 Å². The molecule has 7 heteroatoms. The molecule has 164 valence electrons. The molecule has 1 aliphatic carbocycles. The first kappa shape index (κ1) is 20.6. The molecule has 1 aliphatic rings. The summed E-state index contributed by atoms with van der Waals surface area (Å²) in [5.41, 5.74) is 3.94. The van der Waals surface area contributed by atoms with E-state index in [4.69, 9.17) is 9.26 Å². The van der Waals surface area contributed by atoms with Gasteiger partial charge >= 0.3 is 0 Å². The Balaban J connectivity index is 1.21. The van der Waals surface area contributed by atoms with Gasteiger partial charge in [-0.3, -0.25) is 0 Å². The molecule has 3 atom stereocenters. The second kappa shape index (κ2) is 8.70. The second-order valence-corrected chi connectivity index (χ2v) is 8.02. The largest absolute Gasteiger partial charge is 0.491 e. The van der Waals surface area contributed by atoms with E-state index >= 15 is 0 Å².